The van der Waals surface area contributed by atoms with E-state index in [2.05, 4.69) is 10.6 Å². The molecule has 0 aromatic carbocycles. The summed E-state index contributed by atoms with van der Waals surface area (Å²) in [5.41, 5.74) is 0. The summed E-state index contributed by atoms with van der Waals surface area (Å²) >= 11 is 0. The van der Waals surface area contributed by atoms with Crippen LogP contribution in [-0.2, 0) is 4.79 Å². The smallest absolute Gasteiger partial charge is 0.245 e. The number of hydrogen-bond donors (Lipinski definition) is 2. The van der Waals surface area contributed by atoms with Crippen molar-refractivity contribution in [3.05, 3.63) is 12.3 Å². The first-order valence-corrected chi connectivity index (χ1v) is 2.36. The van der Waals surface area contributed by atoms with Gasteiger partial charge in [0, 0.05) is 26.4 Å². The van der Waals surface area contributed by atoms with Gasteiger partial charge in [0.15, 0.2) is 0 Å². The molecule has 0 bridgehead atoms. The van der Waals surface area contributed by atoms with Crippen molar-refractivity contribution in [3.8, 4) is 0 Å². The lowest BCUT2D eigenvalue weighted by Gasteiger charge is -1.87. The Labute approximate surface area is 48.8 Å². The lowest BCUT2D eigenvalue weighted by atomic mass is 10.6. The number of hydrogen-bond acceptors (Lipinski definition) is 2. The fraction of sp³-hybridized carbons (Fsp3) is 0.400. The van der Waals surface area contributed by atoms with E-state index in [-0.39, 0.29) is 5.91 Å². The Balaban J connectivity index is 3.37. The maximum absolute atomic E-state index is 10.3. The van der Waals surface area contributed by atoms with Gasteiger partial charge in [-0.15, -0.1) is 0 Å². The fourth-order valence-corrected chi connectivity index (χ4v) is 0.242. The van der Waals surface area contributed by atoms with Crippen molar-refractivity contribution < 1.29 is 4.79 Å². The molecule has 0 aliphatic rings. The van der Waals surface area contributed by atoms with E-state index in [1.54, 1.807) is 20.3 Å². The van der Waals surface area contributed by atoms with Crippen molar-refractivity contribution in [2.45, 2.75) is 0 Å². The van der Waals surface area contributed by atoms with Gasteiger partial charge in [0.25, 0.3) is 0 Å². The molecule has 3 heteroatoms. The van der Waals surface area contributed by atoms with Gasteiger partial charge in [-0.05, 0) is 0 Å². The monoisotopic (exact) mass is 114 g/mol. The van der Waals surface area contributed by atoms with Crippen LogP contribution in [0.15, 0.2) is 12.3 Å². The Bertz CT molecular complexity index is 98.6. The maximum atomic E-state index is 10.3. The van der Waals surface area contributed by atoms with Gasteiger partial charge < -0.3 is 10.6 Å². The Morgan fingerprint density at radius 2 is 2.12 bits per heavy atom. The molecule has 46 valence electrons. The first-order chi connectivity index (χ1) is 3.81. The van der Waals surface area contributed by atoms with Gasteiger partial charge in [-0.3, -0.25) is 4.79 Å². The van der Waals surface area contributed by atoms with Crippen LogP contribution in [0.4, 0.5) is 0 Å². The second-order valence-corrected chi connectivity index (χ2v) is 1.24. The van der Waals surface area contributed by atoms with Crippen molar-refractivity contribution in [1.29, 1.82) is 0 Å². The molecule has 0 saturated heterocycles. The highest BCUT2D eigenvalue weighted by Gasteiger charge is 1.82. The van der Waals surface area contributed by atoms with Crippen molar-refractivity contribution in [2.75, 3.05) is 14.1 Å². The quantitative estimate of drug-likeness (QED) is 0.474. The van der Waals surface area contributed by atoms with E-state index in [1.165, 1.54) is 6.08 Å². The summed E-state index contributed by atoms with van der Waals surface area (Å²) in [5.74, 6) is -0.0978. The van der Waals surface area contributed by atoms with Crippen molar-refractivity contribution >= 4 is 5.91 Å². The molecular formula is C5H10N2O. The number of likely N-dealkylation sites (N-methyl/N-ethyl adjacent to an activating group) is 1. The van der Waals surface area contributed by atoms with E-state index in [0.717, 1.165) is 0 Å². The molecule has 0 aliphatic carbocycles. The normalized spacial score (nSPS) is 9.25. The van der Waals surface area contributed by atoms with Crippen molar-refractivity contribution in [1.82, 2.24) is 10.6 Å². The molecule has 0 fully saturated rings. The van der Waals surface area contributed by atoms with Crippen LogP contribution in [0.3, 0.4) is 0 Å². The molecule has 0 aromatic heterocycles. The van der Waals surface area contributed by atoms with Gasteiger partial charge in [-0.2, -0.15) is 0 Å². The van der Waals surface area contributed by atoms with Crippen LogP contribution in [-0.4, -0.2) is 20.0 Å². The molecule has 0 aliphatic heterocycles. The molecular weight excluding hydrogens is 104 g/mol. The van der Waals surface area contributed by atoms with Gasteiger partial charge in [-0.1, -0.05) is 0 Å². The van der Waals surface area contributed by atoms with E-state index in [0.29, 0.717) is 0 Å². The van der Waals surface area contributed by atoms with Gasteiger partial charge in [0.05, 0.1) is 0 Å². The predicted octanol–water partition coefficient (Wildman–Crippen LogP) is -0.535. The van der Waals surface area contributed by atoms with Crippen LogP contribution in [0.2, 0.25) is 0 Å². The average molecular weight is 114 g/mol. The zero-order chi connectivity index (χ0) is 6.41. The van der Waals surface area contributed by atoms with Crippen LogP contribution in [0.5, 0.6) is 0 Å². The summed E-state index contributed by atoms with van der Waals surface area (Å²) in [4.78, 5) is 10.3. The third-order valence-corrected chi connectivity index (χ3v) is 0.648. The van der Waals surface area contributed by atoms with Crippen LogP contribution < -0.4 is 10.6 Å². The standard InChI is InChI=1S/C5H10N2O/c1-6-4-3-5(8)7-2/h3-4,6H,1-2H3,(H,7,8). The van der Waals surface area contributed by atoms with Crippen LogP contribution >= 0.6 is 0 Å². The van der Waals surface area contributed by atoms with Crippen molar-refractivity contribution in [3.63, 3.8) is 0 Å². The Morgan fingerprint density at radius 1 is 1.50 bits per heavy atom. The molecule has 0 radical (unpaired) electrons. The fourth-order valence-electron chi connectivity index (χ4n) is 0.242. The molecule has 1 amide bonds. The van der Waals surface area contributed by atoms with Crippen LogP contribution in [0, 0.1) is 0 Å². The highest BCUT2D eigenvalue weighted by atomic mass is 16.1. The molecule has 3 nitrogen and oxygen atoms in total. The molecule has 0 heterocycles. The minimum Gasteiger partial charge on any atom is -0.394 e. The van der Waals surface area contributed by atoms with E-state index in [9.17, 15) is 4.79 Å². The van der Waals surface area contributed by atoms with Gasteiger partial charge in [0.2, 0.25) is 5.91 Å². The molecule has 0 aromatic rings. The highest BCUT2D eigenvalue weighted by Crippen LogP contribution is 1.63. The first-order valence-electron chi connectivity index (χ1n) is 2.36. The topological polar surface area (TPSA) is 41.1 Å². The summed E-state index contributed by atoms with van der Waals surface area (Å²) < 4.78 is 0. The summed E-state index contributed by atoms with van der Waals surface area (Å²) in [6.07, 6.45) is 2.98. The molecule has 0 unspecified atom stereocenters. The third-order valence-electron chi connectivity index (χ3n) is 0.648. The minimum absolute atomic E-state index is 0.0978. The van der Waals surface area contributed by atoms with Crippen molar-refractivity contribution in [2.24, 2.45) is 0 Å². The molecule has 0 rings (SSSR count). The Kier molecular flexibility index (Phi) is 3.66. The lowest BCUT2D eigenvalue weighted by molar-refractivity contribution is -0.116. The zero-order valence-corrected chi connectivity index (χ0v) is 5.06. The van der Waals surface area contributed by atoms with Gasteiger partial charge in [0.1, 0.15) is 0 Å². The van der Waals surface area contributed by atoms with Gasteiger partial charge in [-0.25, -0.2) is 0 Å². The number of nitrogens with one attached hydrogen (secondary N) is 2. The zero-order valence-electron chi connectivity index (χ0n) is 5.06. The van der Waals surface area contributed by atoms with Crippen LogP contribution in [0.1, 0.15) is 0 Å². The van der Waals surface area contributed by atoms with E-state index in [1.807, 2.05) is 0 Å². The lowest BCUT2D eigenvalue weighted by Crippen LogP contribution is -2.14. The Hall–Kier alpha value is -0.990. The third kappa shape index (κ3) is 3.21. The maximum Gasteiger partial charge on any atom is 0.245 e. The van der Waals surface area contributed by atoms with Gasteiger partial charge >= 0.3 is 0 Å². The average Bonchev–Trinajstić information content (AvgIpc) is 1.83. The number of amides is 1. The summed E-state index contributed by atoms with van der Waals surface area (Å²) in [5, 5.41) is 5.13. The molecule has 0 saturated carbocycles. The van der Waals surface area contributed by atoms with Crippen LogP contribution in [0.25, 0.3) is 0 Å². The second kappa shape index (κ2) is 4.18. The first kappa shape index (κ1) is 7.01. The number of carbonyl (C=O) groups excluding carboxylic acids is 1. The highest BCUT2D eigenvalue weighted by molar-refractivity contribution is 5.86. The summed E-state index contributed by atoms with van der Waals surface area (Å²) in [6, 6.07) is 0. The van der Waals surface area contributed by atoms with E-state index < -0.39 is 0 Å². The largest absolute Gasteiger partial charge is 0.394 e. The molecule has 0 spiro atoms. The molecule has 2 N–H and O–H groups in total. The molecule has 8 heavy (non-hydrogen) atoms. The van der Waals surface area contributed by atoms with E-state index in [4.69, 9.17) is 0 Å². The van der Waals surface area contributed by atoms with E-state index >= 15 is 0 Å². The number of rotatable bonds is 2. The number of carbonyl (C=O) groups is 1. The second-order valence-electron chi connectivity index (χ2n) is 1.24. The summed E-state index contributed by atoms with van der Waals surface area (Å²) in [6.45, 7) is 0. The molecule has 0 atom stereocenters. The Morgan fingerprint density at radius 3 is 2.50 bits per heavy atom. The predicted molar refractivity (Wildman–Crippen MR) is 32.3 cm³/mol. The minimum atomic E-state index is -0.0978. The SMILES string of the molecule is CNC=CC(=O)NC. The summed E-state index contributed by atoms with van der Waals surface area (Å²) in [7, 11) is 3.32.